The Morgan fingerprint density at radius 3 is 2.44 bits per heavy atom. The van der Waals surface area contributed by atoms with E-state index in [1.54, 1.807) is 28.8 Å². The number of amides is 3. The topological polar surface area (TPSA) is 264 Å². The van der Waals surface area contributed by atoms with Gasteiger partial charge in [-0.1, -0.05) is 6.92 Å². The molecule has 0 spiro atoms. The number of fused-ring (bicyclic) bond motifs is 1. The summed E-state index contributed by atoms with van der Waals surface area (Å²) in [5, 5.41) is 30.1. The summed E-state index contributed by atoms with van der Waals surface area (Å²) in [4.78, 5) is 58.3. The molecule has 0 bridgehead atoms. The van der Waals surface area contributed by atoms with Crippen molar-refractivity contribution in [1.29, 1.82) is 5.41 Å². The molecule has 0 saturated carbocycles. The number of rotatable bonds is 20. The van der Waals surface area contributed by atoms with Crippen LogP contribution in [-0.2, 0) is 20.8 Å². The Morgan fingerprint density at radius 1 is 0.982 bits per heavy atom. The number of halogens is 2. The van der Waals surface area contributed by atoms with Crippen molar-refractivity contribution in [2.45, 2.75) is 57.5 Å². The van der Waals surface area contributed by atoms with Gasteiger partial charge in [-0.15, -0.1) is 0 Å². The number of aliphatic carboxylic acids is 1. The third-order valence-electron chi connectivity index (χ3n) is 8.53. The van der Waals surface area contributed by atoms with Crippen LogP contribution in [0.25, 0.3) is 16.9 Å². The largest absolute Gasteiger partial charge is 0.494 e. The van der Waals surface area contributed by atoms with Gasteiger partial charge in [0, 0.05) is 55.3 Å². The fourth-order valence-corrected chi connectivity index (χ4v) is 5.62. The number of carboxylic acids is 1. The Balaban J connectivity index is 1.33. The van der Waals surface area contributed by atoms with Gasteiger partial charge in [0.1, 0.15) is 6.04 Å². The lowest BCUT2D eigenvalue weighted by atomic mass is 10.0. The van der Waals surface area contributed by atoms with Gasteiger partial charge in [-0.25, -0.2) is 14.4 Å². The maximum Gasteiger partial charge on any atom is 0.303 e. The van der Waals surface area contributed by atoms with Gasteiger partial charge in [-0.2, -0.15) is 4.39 Å². The van der Waals surface area contributed by atoms with E-state index in [-0.39, 0.29) is 62.1 Å². The highest BCUT2D eigenvalue weighted by molar-refractivity contribution is 5.96. The Hall–Kier alpha value is -6.37. The molecule has 0 aliphatic rings. The minimum Gasteiger partial charge on any atom is -0.494 e. The molecule has 19 heteroatoms. The van der Waals surface area contributed by atoms with Gasteiger partial charge in [-0.3, -0.25) is 29.0 Å². The van der Waals surface area contributed by atoms with Gasteiger partial charge >= 0.3 is 5.97 Å². The number of carbonyl (C=O) groups is 4. The summed E-state index contributed by atoms with van der Waals surface area (Å²) in [7, 11) is 1.25. The number of nitrogens with two attached hydrogens (primary N) is 2. The molecule has 4 rings (SSSR count). The van der Waals surface area contributed by atoms with Crippen LogP contribution >= 0.6 is 0 Å². The first-order valence-corrected chi connectivity index (χ1v) is 17.5. The van der Waals surface area contributed by atoms with E-state index in [9.17, 15) is 28.0 Å². The van der Waals surface area contributed by atoms with E-state index >= 15 is 0 Å². The van der Waals surface area contributed by atoms with E-state index in [0.29, 0.717) is 47.7 Å². The van der Waals surface area contributed by atoms with Crippen LogP contribution in [0.3, 0.4) is 0 Å². The van der Waals surface area contributed by atoms with E-state index in [0.717, 1.165) is 5.56 Å². The predicted molar refractivity (Wildman–Crippen MR) is 200 cm³/mol. The summed E-state index contributed by atoms with van der Waals surface area (Å²) >= 11 is 0. The number of aromatic nitrogens is 3. The Morgan fingerprint density at radius 2 is 1.73 bits per heavy atom. The van der Waals surface area contributed by atoms with E-state index in [4.69, 9.17) is 26.7 Å². The van der Waals surface area contributed by atoms with Crippen molar-refractivity contribution in [3.8, 4) is 17.0 Å². The van der Waals surface area contributed by atoms with Gasteiger partial charge in [0.15, 0.2) is 29.0 Å². The fraction of sp³-hybridized carbons (Fsp3) is 0.361. The molecule has 0 aliphatic heterocycles. The smallest absolute Gasteiger partial charge is 0.303 e. The van der Waals surface area contributed by atoms with Crippen molar-refractivity contribution in [3.05, 3.63) is 71.7 Å². The number of carbonyl (C=O) groups excluding carboxylic acids is 3. The molecule has 2 aromatic carbocycles. The normalized spacial score (nSPS) is 12.0. The van der Waals surface area contributed by atoms with Crippen LogP contribution < -0.4 is 42.8 Å². The van der Waals surface area contributed by atoms with Crippen molar-refractivity contribution < 1.29 is 37.8 Å². The minimum atomic E-state index is -1.11. The Bertz CT molecular complexity index is 2030. The van der Waals surface area contributed by atoms with E-state index < -0.39 is 41.5 Å². The van der Waals surface area contributed by atoms with Crippen molar-refractivity contribution in [2.24, 2.45) is 11.5 Å². The van der Waals surface area contributed by atoms with Crippen molar-refractivity contribution >= 4 is 46.8 Å². The van der Waals surface area contributed by atoms with Crippen LogP contribution in [0.5, 0.6) is 5.75 Å². The first-order valence-electron chi connectivity index (χ1n) is 17.5. The number of nitrogens with zero attached hydrogens (tertiary/aromatic N) is 3. The van der Waals surface area contributed by atoms with Gasteiger partial charge in [0.25, 0.3) is 5.91 Å². The molecule has 2 atom stereocenters. The van der Waals surface area contributed by atoms with Crippen molar-refractivity contribution in [3.63, 3.8) is 0 Å². The zero-order chi connectivity index (χ0) is 40.1. The van der Waals surface area contributed by atoms with Crippen LogP contribution in [0.15, 0.2) is 48.9 Å². The number of ether oxygens (including phenoxy) is 1. The molecule has 0 fully saturated rings. The molecule has 2 aromatic heterocycles. The van der Waals surface area contributed by atoms with E-state index in [1.165, 1.54) is 31.6 Å². The average molecular weight is 766 g/mol. The number of guanidine groups is 1. The molecule has 17 nitrogen and oxygen atoms in total. The number of hydrogen-bond acceptors (Lipinski definition) is 10. The van der Waals surface area contributed by atoms with Crippen LogP contribution in [0, 0.1) is 17.0 Å². The second-order valence-corrected chi connectivity index (χ2v) is 12.4. The SMILES string of the molecule is CCc1cc(Nc2nccn3c(-c4ccc(OC)c(F)c4F)cnc23)ccc1C(=O)NCCCNC(=O)[C@H](CCCNC(=N)N)NC(=O)[C@@H](N)CCC(=O)O. The molecule has 0 saturated heterocycles. The first kappa shape index (κ1) is 41.4. The minimum absolute atomic E-state index is 0.00572. The van der Waals surface area contributed by atoms with E-state index in [2.05, 4.69) is 36.6 Å². The standard InChI is InChI=1S/C36H45F2N11O6/c1-3-20-18-21(47-31-32-46-19-26(49(32)17-16-42-31)23-9-11-27(55-2)30(38)29(23)37)7-8-22(20)33(52)43-14-5-15-44-35(54)25(6-4-13-45-36(40)41)48-34(53)24(39)10-12-28(50)51/h7-9,11,16-19,24-25H,3-6,10,12-15,39H2,1-2H3,(H,42,47)(H,43,52)(H,44,54)(H,48,53)(H,50,51)(H4,40,41,45)/t24-,25-/m0/s1. The number of anilines is 2. The second-order valence-electron chi connectivity index (χ2n) is 12.4. The summed E-state index contributed by atoms with van der Waals surface area (Å²) in [6.45, 7) is 2.60. The monoisotopic (exact) mass is 765 g/mol. The highest BCUT2D eigenvalue weighted by Crippen LogP contribution is 2.31. The van der Waals surface area contributed by atoms with Crippen LogP contribution in [-0.4, -0.2) is 88.0 Å². The zero-order valence-electron chi connectivity index (χ0n) is 30.4. The van der Waals surface area contributed by atoms with Gasteiger partial charge < -0.3 is 47.9 Å². The van der Waals surface area contributed by atoms with Gasteiger partial charge in [-0.05, 0) is 68.0 Å². The maximum absolute atomic E-state index is 14.9. The number of aryl methyl sites for hydroxylation is 1. The number of nitrogens with one attached hydrogen (secondary N) is 6. The molecule has 55 heavy (non-hydrogen) atoms. The van der Waals surface area contributed by atoms with Crippen molar-refractivity contribution in [1.82, 2.24) is 35.6 Å². The average Bonchev–Trinajstić information content (AvgIpc) is 3.60. The summed E-state index contributed by atoms with van der Waals surface area (Å²) in [5.74, 6) is -4.84. The Labute approximate surface area is 315 Å². The summed E-state index contributed by atoms with van der Waals surface area (Å²) in [6.07, 6.45) is 5.57. The number of hydrogen-bond donors (Lipinski definition) is 9. The lowest BCUT2D eigenvalue weighted by Crippen LogP contribution is -2.52. The molecule has 294 valence electrons. The summed E-state index contributed by atoms with van der Waals surface area (Å²) in [5.41, 5.74) is 13.6. The lowest BCUT2D eigenvalue weighted by Gasteiger charge is -2.21. The molecule has 0 aliphatic carbocycles. The van der Waals surface area contributed by atoms with Crippen LogP contribution in [0.4, 0.5) is 20.3 Å². The third kappa shape index (κ3) is 11.1. The number of methoxy groups -OCH3 is 1. The lowest BCUT2D eigenvalue weighted by molar-refractivity contribution is -0.137. The molecular formula is C36H45F2N11O6. The number of benzene rings is 2. The Kier molecular flexibility index (Phi) is 14.8. The fourth-order valence-electron chi connectivity index (χ4n) is 5.62. The molecule has 0 unspecified atom stereocenters. The van der Waals surface area contributed by atoms with Crippen LogP contribution in [0.1, 0.15) is 54.9 Å². The summed E-state index contributed by atoms with van der Waals surface area (Å²) < 4.78 is 35.8. The highest BCUT2D eigenvalue weighted by atomic mass is 19.2. The van der Waals surface area contributed by atoms with Crippen LogP contribution in [0.2, 0.25) is 0 Å². The van der Waals surface area contributed by atoms with Crippen molar-refractivity contribution in [2.75, 3.05) is 32.1 Å². The second kappa shape index (κ2) is 19.6. The number of carboxylic acid groups (broad SMARTS) is 1. The summed E-state index contributed by atoms with van der Waals surface area (Å²) in [6, 6.07) is 5.84. The maximum atomic E-state index is 14.9. The molecule has 3 amide bonds. The predicted octanol–water partition coefficient (Wildman–Crippen LogP) is 2.17. The van der Waals surface area contributed by atoms with E-state index in [1.807, 2.05) is 6.92 Å². The third-order valence-corrected chi connectivity index (χ3v) is 8.53. The van der Waals surface area contributed by atoms with Gasteiger partial charge in [0.05, 0.1) is 25.0 Å². The molecular weight excluding hydrogens is 720 g/mol. The quantitative estimate of drug-likeness (QED) is 0.0356. The number of imidazole rings is 1. The highest BCUT2D eigenvalue weighted by Gasteiger charge is 2.24. The zero-order valence-corrected chi connectivity index (χ0v) is 30.4. The molecule has 0 radical (unpaired) electrons. The molecule has 4 aromatic rings. The molecule has 2 heterocycles. The first-order chi connectivity index (χ1) is 26.3. The molecule has 11 N–H and O–H groups in total. The van der Waals surface area contributed by atoms with Gasteiger partial charge in [0.2, 0.25) is 17.6 Å².